The van der Waals surface area contributed by atoms with Crippen LogP contribution in [0.4, 0.5) is 0 Å². The fourth-order valence-electron chi connectivity index (χ4n) is 0.988. The smallest absolute Gasteiger partial charge is 0.332 e. The molecule has 14 heavy (non-hydrogen) atoms. The third-order valence-corrected chi connectivity index (χ3v) is 2.03. The molecule has 0 aliphatic heterocycles. The zero-order chi connectivity index (χ0) is 10.7. The van der Waals surface area contributed by atoms with Gasteiger partial charge in [0.25, 0.3) is 0 Å². The van der Waals surface area contributed by atoms with Gasteiger partial charge in [-0.05, 0) is 17.7 Å². The summed E-state index contributed by atoms with van der Waals surface area (Å²) >= 11 is 5.60. The third kappa shape index (κ3) is 2.61. The van der Waals surface area contributed by atoms with Gasteiger partial charge < -0.3 is 15.3 Å². The van der Waals surface area contributed by atoms with E-state index in [4.69, 9.17) is 26.9 Å². The Morgan fingerprint density at radius 2 is 2.14 bits per heavy atom. The van der Waals surface area contributed by atoms with Crippen molar-refractivity contribution in [2.24, 2.45) is 0 Å². The number of phenolic OH excluding ortho intramolecular Hbond substituents is 1. The molecule has 1 atom stereocenters. The first kappa shape index (κ1) is 10.8. The Bertz CT molecular complexity index is 351. The van der Waals surface area contributed by atoms with Crippen LogP contribution in [0.2, 0.25) is 5.02 Å². The first-order chi connectivity index (χ1) is 6.50. The zero-order valence-electron chi connectivity index (χ0n) is 7.14. The summed E-state index contributed by atoms with van der Waals surface area (Å²) in [5.41, 5.74) is 0.558. The molecule has 0 amide bonds. The van der Waals surface area contributed by atoms with Crippen molar-refractivity contribution in [2.45, 2.75) is 12.5 Å². The number of carboxylic acids is 1. The first-order valence-electron chi connectivity index (χ1n) is 3.89. The highest BCUT2D eigenvalue weighted by Crippen LogP contribution is 2.24. The quantitative estimate of drug-likeness (QED) is 0.705. The van der Waals surface area contributed by atoms with Crippen LogP contribution >= 0.6 is 11.6 Å². The average Bonchev–Trinajstić information content (AvgIpc) is 2.11. The maximum atomic E-state index is 10.3. The molecular formula is C9H9ClO4. The molecule has 0 heterocycles. The molecule has 1 aromatic rings. The number of carbonyl (C=O) groups is 1. The molecule has 76 valence electrons. The second-order valence-electron chi connectivity index (χ2n) is 2.84. The van der Waals surface area contributed by atoms with Crippen molar-refractivity contribution in [2.75, 3.05) is 0 Å². The highest BCUT2D eigenvalue weighted by atomic mass is 35.5. The molecule has 0 spiro atoms. The number of phenols is 1. The van der Waals surface area contributed by atoms with E-state index in [1.54, 1.807) is 0 Å². The highest BCUT2D eigenvalue weighted by molar-refractivity contribution is 6.32. The second kappa shape index (κ2) is 4.30. The fraction of sp³-hybridized carbons (Fsp3) is 0.222. The highest BCUT2D eigenvalue weighted by Gasteiger charge is 2.14. The number of halogens is 1. The summed E-state index contributed by atoms with van der Waals surface area (Å²) < 4.78 is 0. The standard InChI is InChI=1S/C9H9ClO4/c10-6-3-5(1-2-7(6)11)4-8(12)9(13)14/h1-3,8,11-12H,4H2,(H,13,14)/t8-/m1/s1. The number of aliphatic hydroxyl groups excluding tert-OH is 1. The van der Waals surface area contributed by atoms with E-state index < -0.39 is 12.1 Å². The van der Waals surface area contributed by atoms with Gasteiger partial charge in [-0.2, -0.15) is 0 Å². The number of carboxylic acid groups (broad SMARTS) is 1. The molecule has 1 rings (SSSR count). The molecule has 4 nitrogen and oxygen atoms in total. The molecular weight excluding hydrogens is 208 g/mol. The maximum Gasteiger partial charge on any atom is 0.332 e. The molecule has 3 N–H and O–H groups in total. The molecule has 0 saturated heterocycles. The fourth-order valence-corrected chi connectivity index (χ4v) is 1.19. The number of hydrogen-bond donors (Lipinski definition) is 3. The first-order valence-corrected chi connectivity index (χ1v) is 4.26. The second-order valence-corrected chi connectivity index (χ2v) is 3.25. The Morgan fingerprint density at radius 1 is 1.50 bits per heavy atom. The summed E-state index contributed by atoms with van der Waals surface area (Å²) in [6.45, 7) is 0. The van der Waals surface area contributed by atoms with Gasteiger partial charge in [0.05, 0.1) is 5.02 Å². The minimum absolute atomic E-state index is 0.0324. The summed E-state index contributed by atoms with van der Waals surface area (Å²) in [6, 6.07) is 4.28. The summed E-state index contributed by atoms with van der Waals surface area (Å²) in [6.07, 6.45) is -1.48. The van der Waals surface area contributed by atoms with Gasteiger partial charge in [0.15, 0.2) is 6.10 Å². The van der Waals surface area contributed by atoms with E-state index in [1.165, 1.54) is 18.2 Å². The molecule has 0 aliphatic rings. The third-order valence-electron chi connectivity index (χ3n) is 1.73. The lowest BCUT2D eigenvalue weighted by molar-refractivity contribution is -0.146. The number of aliphatic hydroxyl groups is 1. The van der Waals surface area contributed by atoms with Crippen LogP contribution in [0.25, 0.3) is 0 Å². The Morgan fingerprint density at radius 3 is 2.64 bits per heavy atom. The van der Waals surface area contributed by atoms with Crippen LogP contribution in [0.5, 0.6) is 5.75 Å². The van der Waals surface area contributed by atoms with Crippen molar-refractivity contribution < 1.29 is 20.1 Å². The molecule has 0 radical (unpaired) electrons. The van der Waals surface area contributed by atoms with Crippen LogP contribution in [-0.4, -0.2) is 27.4 Å². The van der Waals surface area contributed by atoms with E-state index >= 15 is 0 Å². The van der Waals surface area contributed by atoms with E-state index in [9.17, 15) is 4.79 Å². The molecule has 1 aromatic carbocycles. The van der Waals surface area contributed by atoms with Crippen molar-refractivity contribution in [1.29, 1.82) is 0 Å². The van der Waals surface area contributed by atoms with Crippen molar-refractivity contribution >= 4 is 17.6 Å². The van der Waals surface area contributed by atoms with E-state index in [1.807, 2.05) is 0 Å². The van der Waals surface area contributed by atoms with Crippen molar-refractivity contribution in [3.63, 3.8) is 0 Å². The minimum atomic E-state index is -1.45. The van der Waals surface area contributed by atoms with Crippen molar-refractivity contribution in [3.8, 4) is 5.75 Å². The number of benzene rings is 1. The van der Waals surface area contributed by atoms with Gasteiger partial charge in [-0.1, -0.05) is 17.7 Å². The van der Waals surface area contributed by atoms with Crippen LogP contribution in [0.3, 0.4) is 0 Å². The monoisotopic (exact) mass is 216 g/mol. The SMILES string of the molecule is O=C(O)[C@H](O)Cc1ccc(O)c(Cl)c1. The lowest BCUT2D eigenvalue weighted by atomic mass is 10.1. The Labute approximate surface area is 85.4 Å². The van der Waals surface area contributed by atoms with Gasteiger partial charge in [-0.15, -0.1) is 0 Å². The predicted molar refractivity (Wildman–Crippen MR) is 50.5 cm³/mol. The van der Waals surface area contributed by atoms with Crippen LogP contribution in [0.15, 0.2) is 18.2 Å². The topological polar surface area (TPSA) is 77.8 Å². The van der Waals surface area contributed by atoms with Crippen LogP contribution in [-0.2, 0) is 11.2 Å². The van der Waals surface area contributed by atoms with Crippen LogP contribution in [0.1, 0.15) is 5.56 Å². The normalized spacial score (nSPS) is 12.4. The Kier molecular flexibility index (Phi) is 3.33. The minimum Gasteiger partial charge on any atom is -0.506 e. The number of hydrogen-bond acceptors (Lipinski definition) is 3. The molecule has 0 fully saturated rings. The Balaban J connectivity index is 2.78. The van der Waals surface area contributed by atoms with E-state index in [0.29, 0.717) is 5.56 Å². The number of rotatable bonds is 3. The number of aliphatic carboxylic acids is 1. The summed E-state index contributed by atoms with van der Waals surface area (Å²) in [5.74, 6) is -1.35. The van der Waals surface area contributed by atoms with Gasteiger partial charge >= 0.3 is 5.97 Å². The van der Waals surface area contributed by atoms with Gasteiger partial charge in [0.2, 0.25) is 0 Å². The lowest BCUT2D eigenvalue weighted by Gasteiger charge is -2.06. The Hall–Kier alpha value is -1.26. The predicted octanol–water partition coefficient (Wildman–Crippen LogP) is 1.03. The zero-order valence-corrected chi connectivity index (χ0v) is 7.90. The van der Waals surface area contributed by atoms with Gasteiger partial charge in [0, 0.05) is 6.42 Å². The summed E-state index contributed by atoms with van der Waals surface area (Å²) in [4.78, 5) is 10.3. The van der Waals surface area contributed by atoms with E-state index in [2.05, 4.69) is 0 Å². The summed E-state index contributed by atoms with van der Waals surface area (Å²) in [5, 5.41) is 26.7. The average molecular weight is 217 g/mol. The molecule has 0 bridgehead atoms. The van der Waals surface area contributed by atoms with Crippen LogP contribution < -0.4 is 0 Å². The summed E-state index contributed by atoms with van der Waals surface area (Å²) in [7, 11) is 0. The molecule has 0 unspecified atom stereocenters. The molecule has 5 heteroatoms. The van der Waals surface area contributed by atoms with E-state index in [0.717, 1.165) is 0 Å². The maximum absolute atomic E-state index is 10.3. The van der Waals surface area contributed by atoms with Gasteiger partial charge in [-0.25, -0.2) is 4.79 Å². The largest absolute Gasteiger partial charge is 0.506 e. The molecule has 0 aliphatic carbocycles. The molecule has 0 aromatic heterocycles. The van der Waals surface area contributed by atoms with Gasteiger partial charge in [0.1, 0.15) is 5.75 Å². The van der Waals surface area contributed by atoms with Gasteiger partial charge in [-0.3, -0.25) is 0 Å². The van der Waals surface area contributed by atoms with Crippen LogP contribution in [0, 0.1) is 0 Å². The van der Waals surface area contributed by atoms with E-state index in [-0.39, 0.29) is 17.2 Å². The van der Waals surface area contributed by atoms with Crippen molar-refractivity contribution in [3.05, 3.63) is 28.8 Å². The van der Waals surface area contributed by atoms with Crippen molar-refractivity contribution in [1.82, 2.24) is 0 Å². The number of aromatic hydroxyl groups is 1. The molecule has 0 saturated carbocycles. The lowest BCUT2D eigenvalue weighted by Crippen LogP contribution is -2.21.